The van der Waals surface area contributed by atoms with Crippen molar-refractivity contribution in [1.82, 2.24) is 14.7 Å². The number of rotatable bonds is 4. The van der Waals surface area contributed by atoms with E-state index in [0.29, 0.717) is 26.2 Å². The van der Waals surface area contributed by atoms with Gasteiger partial charge in [-0.3, -0.25) is 4.79 Å². The maximum atomic E-state index is 13.2. The minimum atomic E-state index is -0.296. The summed E-state index contributed by atoms with van der Waals surface area (Å²) >= 11 is 0. The van der Waals surface area contributed by atoms with Crippen LogP contribution in [0, 0.1) is 25.5 Å². The van der Waals surface area contributed by atoms with Crippen molar-refractivity contribution in [3.8, 4) is 5.69 Å². The third-order valence-electron chi connectivity index (χ3n) is 5.59. The fraction of sp³-hybridized carbons (Fsp3) is 0.250. The van der Waals surface area contributed by atoms with E-state index < -0.39 is 0 Å². The first-order chi connectivity index (χ1) is 14.9. The van der Waals surface area contributed by atoms with Gasteiger partial charge in [0.25, 0.3) is 0 Å². The smallest absolute Gasteiger partial charge is 0.246 e. The monoisotopic (exact) mass is 422 g/mol. The van der Waals surface area contributed by atoms with Crippen LogP contribution in [0.2, 0.25) is 0 Å². The lowest BCUT2D eigenvalue weighted by molar-refractivity contribution is -0.126. The second kappa shape index (κ2) is 8.71. The zero-order valence-corrected chi connectivity index (χ0v) is 17.6. The minimum absolute atomic E-state index is 0.0490. The zero-order valence-electron chi connectivity index (χ0n) is 17.6. The van der Waals surface area contributed by atoms with E-state index in [1.807, 2.05) is 18.7 Å². The lowest BCUT2D eigenvalue weighted by Gasteiger charge is -2.35. The van der Waals surface area contributed by atoms with Crippen LogP contribution in [0.1, 0.15) is 17.0 Å². The van der Waals surface area contributed by atoms with E-state index in [1.165, 1.54) is 24.3 Å². The first kappa shape index (κ1) is 20.8. The SMILES string of the molecule is Cc1nn(-c2ccc(F)cc2)c(C)c1/C=C/C(=O)N1CCN(c2ccc(F)cc2)CC1. The van der Waals surface area contributed by atoms with Gasteiger partial charge in [-0.15, -0.1) is 0 Å². The van der Waals surface area contributed by atoms with Crippen LogP contribution in [0.3, 0.4) is 0 Å². The Balaban J connectivity index is 1.42. The molecule has 7 heteroatoms. The molecular formula is C24H24F2N4O. The summed E-state index contributed by atoms with van der Waals surface area (Å²) < 4.78 is 28.1. The maximum absolute atomic E-state index is 13.2. The normalized spacial score (nSPS) is 14.5. The molecule has 4 rings (SSSR count). The third-order valence-corrected chi connectivity index (χ3v) is 5.59. The molecule has 2 heterocycles. The van der Waals surface area contributed by atoms with E-state index in [1.54, 1.807) is 41.1 Å². The average Bonchev–Trinajstić information content (AvgIpc) is 3.06. The Morgan fingerprint density at radius 2 is 1.42 bits per heavy atom. The van der Waals surface area contributed by atoms with Gasteiger partial charge in [-0.1, -0.05) is 0 Å². The number of carbonyl (C=O) groups is 1. The van der Waals surface area contributed by atoms with Gasteiger partial charge in [0.2, 0.25) is 5.91 Å². The lowest BCUT2D eigenvalue weighted by atomic mass is 10.1. The molecule has 1 aliphatic heterocycles. The minimum Gasteiger partial charge on any atom is -0.368 e. The Labute approximate surface area is 180 Å². The molecule has 2 aromatic carbocycles. The molecule has 0 aliphatic carbocycles. The summed E-state index contributed by atoms with van der Waals surface area (Å²) in [7, 11) is 0. The summed E-state index contributed by atoms with van der Waals surface area (Å²) in [5.41, 5.74) is 4.29. The maximum Gasteiger partial charge on any atom is 0.246 e. The van der Waals surface area contributed by atoms with Crippen LogP contribution in [0.25, 0.3) is 11.8 Å². The Morgan fingerprint density at radius 1 is 0.871 bits per heavy atom. The summed E-state index contributed by atoms with van der Waals surface area (Å²) in [6.45, 7) is 6.42. The van der Waals surface area contributed by atoms with Crippen molar-refractivity contribution in [3.05, 3.63) is 83.2 Å². The molecule has 160 valence electrons. The van der Waals surface area contributed by atoms with Crippen LogP contribution in [-0.2, 0) is 4.79 Å². The van der Waals surface area contributed by atoms with Gasteiger partial charge in [0.15, 0.2) is 0 Å². The van der Waals surface area contributed by atoms with Gasteiger partial charge in [0.05, 0.1) is 11.4 Å². The Kier molecular flexibility index (Phi) is 5.84. The molecule has 5 nitrogen and oxygen atoms in total. The number of anilines is 1. The third kappa shape index (κ3) is 4.50. The molecular weight excluding hydrogens is 398 g/mol. The van der Waals surface area contributed by atoms with Crippen LogP contribution in [0.4, 0.5) is 14.5 Å². The van der Waals surface area contributed by atoms with Gasteiger partial charge in [-0.2, -0.15) is 5.10 Å². The lowest BCUT2D eigenvalue weighted by Crippen LogP contribution is -2.48. The predicted molar refractivity (Wildman–Crippen MR) is 117 cm³/mol. The molecule has 0 radical (unpaired) electrons. The predicted octanol–water partition coefficient (Wildman–Crippen LogP) is 4.13. The molecule has 1 saturated heterocycles. The van der Waals surface area contributed by atoms with Crippen LogP contribution in [0.15, 0.2) is 54.6 Å². The average molecular weight is 422 g/mol. The van der Waals surface area contributed by atoms with E-state index in [-0.39, 0.29) is 17.5 Å². The second-order valence-electron chi connectivity index (χ2n) is 7.59. The van der Waals surface area contributed by atoms with Crippen molar-refractivity contribution in [3.63, 3.8) is 0 Å². The molecule has 3 aromatic rings. The summed E-state index contributed by atoms with van der Waals surface area (Å²) in [5, 5.41) is 4.53. The van der Waals surface area contributed by atoms with Crippen molar-refractivity contribution in [2.45, 2.75) is 13.8 Å². The van der Waals surface area contributed by atoms with E-state index in [0.717, 1.165) is 28.3 Å². The van der Waals surface area contributed by atoms with Crippen molar-refractivity contribution in [2.24, 2.45) is 0 Å². The molecule has 0 N–H and O–H groups in total. The fourth-order valence-corrected chi connectivity index (χ4v) is 3.83. The molecule has 31 heavy (non-hydrogen) atoms. The summed E-state index contributed by atoms with van der Waals surface area (Å²) in [5.74, 6) is -0.598. The summed E-state index contributed by atoms with van der Waals surface area (Å²) in [4.78, 5) is 16.7. The number of benzene rings is 2. The van der Waals surface area contributed by atoms with Gasteiger partial charge >= 0.3 is 0 Å². The van der Waals surface area contributed by atoms with Gasteiger partial charge in [-0.05, 0) is 68.5 Å². The highest BCUT2D eigenvalue weighted by Crippen LogP contribution is 2.20. The second-order valence-corrected chi connectivity index (χ2v) is 7.59. The number of aryl methyl sites for hydroxylation is 1. The number of nitrogens with zero attached hydrogens (tertiary/aromatic N) is 4. The Bertz CT molecular complexity index is 1100. The number of aromatic nitrogens is 2. The fourth-order valence-electron chi connectivity index (χ4n) is 3.83. The van der Waals surface area contributed by atoms with Crippen molar-refractivity contribution in [2.75, 3.05) is 31.1 Å². The van der Waals surface area contributed by atoms with E-state index >= 15 is 0 Å². The molecule has 0 bridgehead atoms. The zero-order chi connectivity index (χ0) is 22.0. The highest BCUT2D eigenvalue weighted by atomic mass is 19.1. The van der Waals surface area contributed by atoms with Gasteiger partial charge in [0, 0.05) is 49.2 Å². The number of hydrogen-bond acceptors (Lipinski definition) is 3. The van der Waals surface area contributed by atoms with Crippen molar-refractivity contribution < 1.29 is 13.6 Å². The number of piperazine rings is 1. The first-order valence-corrected chi connectivity index (χ1v) is 10.2. The van der Waals surface area contributed by atoms with E-state index in [4.69, 9.17) is 0 Å². The first-order valence-electron chi connectivity index (χ1n) is 10.2. The van der Waals surface area contributed by atoms with Crippen LogP contribution >= 0.6 is 0 Å². The summed E-state index contributed by atoms with van der Waals surface area (Å²) in [6.07, 6.45) is 3.38. The standard InChI is InChI=1S/C24H24F2N4O/c1-17-23(18(2)30(27-17)22-9-5-20(26)6-10-22)11-12-24(31)29-15-13-28(14-16-29)21-7-3-19(25)4-8-21/h3-12H,13-16H2,1-2H3/b12-11+. The van der Waals surface area contributed by atoms with Gasteiger partial charge in [0.1, 0.15) is 11.6 Å². The Morgan fingerprint density at radius 3 is 2.00 bits per heavy atom. The molecule has 0 saturated carbocycles. The summed E-state index contributed by atoms with van der Waals surface area (Å²) in [6, 6.07) is 12.6. The number of carbonyl (C=O) groups excluding carboxylic acids is 1. The molecule has 0 atom stereocenters. The van der Waals surface area contributed by atoms with E-state index in [2.05, 4.69) is 10.00 Å². The van der Waals surface area contributed by atoms with Crippen LogP contribution in [0.5, 0.6) is 0 Å². The number of halogens is 2. The number of amides is 1. The highest BCUT2D eigenvalue weighted by Gasteiger charge is 2.20. The highest BCUT2D eigenvalue weighted by molar-refractivity contribution is 5.92. The molecule has 0 spiro atoms. The van der Waals surface area contributed by atoms with Crippen LogP contribution < -0.4 is 4.90 Å². The Hall–Kier alpha value is -3.48. The molecule has 1 aliphatic rings. The molecule has 0 unspecified atom stereocenters. The molecule has 1 fully saturated rings. The van der Waals surface area contributed by atoms with Crippen molar-refractivity contribution >= 4 is 17.7 Å². The quantitative estimate of drug-likeness (QED) is 0.594. The van der Waals surface area contributed by atoms with Gasteiger partial charge in [-0.25, -0.2) is 13.5 Å². The molecule has 1 aromatic heterocycles. The van der Waals surface area contributed by atoms with Crippen LogP contribution in [-0.4, -0.2) is 46.8 Å². The number of hydrogen-bond donors (Lipinski definition) is 0. The topological polar surface area (TPSA) is 41.4 Å². The van der Waals surface area contributed by atoms with Crippen molar-refractivity contribution in [1.29, 1.82) is 0 Å². The van der Waals surface area contributed by atoms with E-state index in [9.17, 15) is 13.6 Å². The largest absolute Gasteiger partial charge is 0.368 e. The molecule has 1 amide bonds. The van der Waals surface area contributed by atoms with Gasteiger partial charge < -0.3 is 9.80 Å².